The highest BCUT2D eigenvalue weighted by atomic mass is 16.7. The second kappa shape index (κ2) is 11.8. The van der Waals surface area contributed by atoms with E-state index in [9.17, 15) is 25.1 Å². The van der Waals surface area contributed by atoms with Crippen LogP contribution in [0.15, 0.2) is 102 Å². The Morgan fingerprint density at radius 2 is 1.46 bits per heavy atom. The maximum absolute atomic E-state index is 11.6. The number of rotatable bonds is 11. The molecule has 1 unspecified atom stereocenters. The number of aliphatic hydroxyl groups is 1. The van der Waals surface area contributed by atoms with Crippen LogP contribution in [-0.2, 0) is 22.8 Å². The maximum Gasteiger partial charge on any atom is 0.379 e. The maximum atomic E-state index is 11.6. The summed E-state index contributed by atoms with van der Waals surface area (Å²) in [7, 11) is 0. The minimum absolute atomic E-state index is 0.0597. The van der Waals surface area contributed by atoms with E-state index in [4.69, 9.17) is 19.0 Å². The Morgan fingerprint density at radius 1 is 0.878 bits per heavy atom. The molecule has 0 aromatic heterocycles. The highest BCUT2D eigenvalue weighted by Gasteiger charge is 2.46. The number of hydrogen-bond acceptors (Lipinski definition) is 9. The van der Waals surface area contributed by atoms with Crippen LogP contribution < -0.4 is 14.2 Å². The smallest absolute Gasteiger partial charge is 0.379 e. The molecule has 0 bridgehead atoms. The molecule has 2 N–H and O–H groups in total. The van der Waals surface area contributed by atoms with Crippen LogP contribution in [-0.4, -0.2) is 32.6 Å². The third-order valence-electron chi connectivity index (χ3n) is 6.14. The SMILES string of the molecule is O=C(O)C1(O)CC(c2c(OCc3ccccc3)cc(OCc3ccccc3)cc2Oc2ccc([N+](=O)[O-])cc2)=NO1. The van der Waals surface area contributed by atoms with E-state index in [1.54, 1.807) is 12.1 Å². The van der Waals surface area contributed by atoms with Crippen LogP contribution in [0.2, 0.25) is 0 Å². The standard InChI is InChI=1S/C30H24N2O9/c33-29(34)30(35)17-25(31-41-30)28-26(39-19-21-9-5-2-6-10-21)15-24(38-18-20-7-3-1-4-8-20)16-27(28)40-23-13-11-22(12-14-23)32(36)37/h1-16,35H,17-19H2,(H,33,34). The molecule has 4 aromatic carbocycles. The number of hydrogen-bond donors (Lipinski definition) is 2. The number of nitro benzene ring substituents is 1. The highest BCUT2D eigenvalue weighted by molar-refractivity contribution is 6.08. The molecule has 0 fully saturated rings. The van der Waals surface area contributed by atoms with Crippen molar-refractivity contribution in [2.24, 2.45) is 5.16 Å². The Morgan fingerprint density at radius 3 is 2.02 bits per heavy atom. The number of ether oxygens (including phenoxy) is 3. The summed E-state index contributed by atoms with van der Waals surface area (Å²) in [6.07, 6.45) is -0.495. The molecule has 5 rings (SSSR count). The minimum Gasteiger partial charge on any atom is -0.489 e. The number of nitro groups is 1. The van der Waals surface area contributed by atoms with Gasteiger partial charge in [-0.25, -0.2) is 4.79 Å². The van der Waals surface area contributed by atoms with E-state index in [1.165, 1.54) is 24.3 Å². The first-order chi connectivity index (χ1) is 19.8. The van der Waals surface area contributed by atoms with Crippen LogP contribution >= 0.6 is 0 Å². The van der Waals surface area contributed by atoms with Gasteiger partial charge in [0.15, 0.2) is 0 Å². The number of carboxylic acids is 1. The van der Waals surface area contributed by atoms with Gasteiger partial charge in [0.25, 0.3) is 5.69 Å². The zero-order valence-corrected chi connectivity index (χ0v) is 21.5. The fourth-order valence-electron chi connectivity index (χ4n) is 4.04. The van der Waals surface area contributed by atoms with Crippen molar-refractivity contribution in [1.82, 2.24) is 0 Å². The summed E-state index contributed by atoms with van der Waals surface area (Å²) in [6, 6.07) is 27.5. The number of aliphatic carboxylic acids is 1. The average molecular weight is 557 g/mol. The van der Waals surface area contributed by atoms with Crippen molar-refractivity contribution in [3.8, 4) is 23.0 Å². The summed E-state index contributed by atoms with van der Waals surface area (Å²) >= 11 is 0. The Bertz CT molecular complexity index is 1580. The molecule has 0 aliphatic carbocycles. The number of carbonyl (C=O) groups is 1. The number of oxime groups is 1. The van der Waals surface area contributed by atoms with Gasteiger partial charge in [0, 0.05) is 24.3 Å². The van der Waals surface area contributed by atoms with E-state index >= 15 is 0 Å². The van der Waals surface area contributed by atoms with Crippen molar-refractivity contribution in [2.75, 3.05) is 0 Å². The van der Waals surface area contributed by atoms with Gasteiger partial charge in [-0.15, -0.1) is 0 Å². The van der Waals surface area contributed by atoms with Crippen molar-refractivity contribution in [3.63, 3.8) is 0 Å². The first-order valence-corrected chi connectivity index (χ1v) is 12.5. The topological polar surface area (TPSA) is 150 Å². The summed E-state index contributed by atoms with van der Waals surface area (Å²) in [6.45, 7) is 0.377. The first kappa shape index (κ1) is 27.2. The van der Waals surface area contributed by atoms with Crippen LogP contribution in [0.5, 0.6) is 23.0 Å². The van der Waals surface area contributed by atoms with Gasteiger partial charge >= 0.3 is 11.8 Å². The van der Waals surface area contributed by atoms with Crippen molar-refractivity contribution >= 4 is 17.4 Å². The van der Waals surface area contributed by atoms with Crippen molar-refractivity contribution < 1.29 is 39.0 Å². The lowest BCUT2D eigenvalue weighted by Gasteiger charge is -2.19. The Kier molecular flexibility index (Phi) is 7.79. The molecule has 1 heterocycles. The van der Waals surface area contributed by atoms with Gasteiger partial charge in [0.1, 0.15) is 41.9 Å². The monoisotopic (exact) mass is 556 g/mol. The lowest BCUT2D eigenvalue weighted by molar-refractivity contribution is -0.384. The lowest BCUT2D eigenvalue weighted by Crippen LogP contribution is -2.38. The molecular weight excluding hydrogens is 532 g/mol. The molecule has 1 aliphatic rings. The zero-order valence-electron chi connectivity index (χ0n) is 21.5. The van der Waals surface area contributed by atoms with Gasteiger partial charge in [-0.3, -0.25) is 10.1 Å². The Labute approximate surface area is 233 Å². The molecule has 1 atom stereocenters. The molecular formula is C30H24N2O9. The first-order valence-electron chi connectivity index (χ1n) is 12.5. The van der Waals surface area contributed by atoms with Gasteiger partial charge in [-0.05, 0) is 23.3 Å². The molecule has 11 nitrogen and oxygen atoms in total. The van der Waals surface area contributed by atoms with Gasteiger partial charge in [-0.1, -0.05) is 65.8 Å². The molecule has 0 saturated heterocycles. The van der Waals surface area contributed by atoms with Crippen LogP contribution in [0.4, 0.5) is 5.69 Å². The van der Waals surface area contributed by atoms with E-state index in [-0.39, 0.29) is 47.4 Å². The van der Waals surface area contributed by atoms with Crippen LogP contribution in [0, 0.1) is 10.1 Å². The normalized spacial score (nSPS) is 15.9. The minimum atomic E-state index is -2.57. The predicted octanol–water partition coefficient (Wildman–Crippen LogP) is 5.44. The van der Waals surface area contributed by atoms with Crippen molar-refractivity contribution in [2.45, 2.75) is 25.4 Å². The molecule has 208 valence electrons. The number of nitrogens with zero attached hydrogens (tertiary/aromatic N) is 2. The second-order valence-corrected chi connectivity index (χ2v) is 9.09. The Hall–Kier alpha value is -5.42. The number of carboxylic acid groups (broad SMARTS) is 1. The average Bonchev–Trinajstić information content (AvgIpc) is 3.39. The van der Waals surface area contributed by atoms with E-state index in [0.29, 0.717) is 5.75 Å². The molecule has 11 heteroatoms. The van der Waals surface area contributed by atoms with E-state index in [2.05, 4.69) is 5.16 Å². The highest BCUT2D eigenvalue weighted by Crippen LogP contribution is 2.41. The van der Waals surface area contributed by atoms with E-state index in [1.807, 2.05) is 60.7 Å². The van der Waals surface area contributed by atoms with Gasteiger partial charge < -0.3 is 29.3 Å². The Balaban J connectivity index is 1.56. The van der Waals surface area contributed by atoms with Crippen molar-refractivity contribution in [3.05, 3.63) is 124 Å². The van der Waals surface area contributed by atoms with Crippen LogP contribution in [0.3, 0.4) is 0 Å². The molecule has 0 saturated carbocycles. The van der Waals surface area contributed by atoms with E-state index in [0.717, 1.165) is 11.1 Å². The predicted molar refractivity (Wildman–Crippen MR) is 146 cm³/mol. The number of benzene rings is 4. The summed E-state index contributed by atoms with van der Waals surface area (Å²) in [4.78, 5) is 27.1. The number of non-ortho nitro benzene ring substituents is 1. The van der Waals surface area contributed by atoms with Crippen LogP contribution in [0.25, 0.3) is 0 Å². The molecule has 41 heavy (non-hydrogen) atoms. The van der Waals surface area contributed by atoms with Crippen LogP contribution in [0.1, 0.15) is 23.1 Å². The van der Waals surface area contributed by atoms with Gasteiger partial charge in [0.2, 0.25) is 0 Å². The molecule has 4 aromatic rings. The third-order valence-corrected chi connectivity index (χ3v) is 6.14. The lowest BCUT2D eigenvalue weighted by atomic mass is 10.0. The van der Waals surface area contributed by atoms with Gasteiger partial charge in [0.05, 0.1) is 16.9 Å². The largest absolute Gasteiger partial charge is 0.489 e. The summed E-state index contributed by atoms with van der Waals surface area (Å²) in [5.74, 6) is -3.19. The van der Waals surface area contributed by atoms with Crippen molar-refractivity contribution in [1.29, 1.82) is 0 Å². The fraction of sp³-hybridized carbons (Fsp3) is 0.133. The third kappa shape index (κ3) is 6.43. The molecule has 0 spiro atoms. The molecule has 1 aliphatic heterocycles. The zero-order chi connectivity index (χ0) is 28.8. The summed E-state index contributed by atoms with van der Waals surface area (Å²) in [5, 5.41) is 34.9. The second-order valence-electron chi connectivity index (χ2n) is 9.09. The summed E-state index contributed by atoms with van der Waals surface area (Å²) < 4.78 is 18.3. The summed E-state index contributed by atoms with van der Waals surface area (Å²) in [5.41, 5.74) is 1.94. The van der Waals surface area contributed by atoms with Gasteiger partial charge in [-0.2, -0.15) is 0 Å². The molecule has 0 radical (unpaired) electrons. The quantitative estimate of drug-likeness (QED) is 0.182. The van der Waals surface area contributed by atoms with E-state index < -0.39 is 23.1 Å². The molecule has 0 amide bonds. The fourth-order valence-corrected chi connectivity index (χ4v) is 4.04.